The van der Waals surface area contributed by atoms with E-state index in [1.54, 1.807) is 35.2 Å². The Kier molecular flexibility index (Phi) is 6.39. The topological polar surface area (TPSA) is 91.6 Å². The van der Waals surface area contributed by atoms with Crippen molar-refractivity contribution in [2.45, 2.75) is 13.0 Å². The van der Waals surface area contributed by atoms with Gasteiger partial charge >= 0.3 is 5.69 Å². The summed E-state index contributed by atoms with van der Waals surface area (Å²) in [5.41, 5.74) is -0.0150. The number of fused-ring (bicyclic) bond motifs is 1. The third-order valence-corrected chi connectivity index (χ3v) is 6.72. The summed E-state index contributed by atoms with van der Waals surface area (Å²) < 4.78 is 16.1. The van der Waals surface area contributed by atoms with Crippen LogP contribution < -0.4 is 10.6 Å². The molecule has 1 saturated heterocycles. The van der Waals surface area contributed by atoms with Crippen LogP contribution in [0.3, 0.4) is 0 Å². The molecule has 0 unspecified atom stereocenters. The molecule has 37 heavy (non-hydrogen) atoms. The van der Waals surface area contributed by atoms with Crippen molar-refractivity contribution in [1.29, 1.82) is 0 Å². The minimum absolute atomic E-state index is 0.000412. The van der Waals surface area contributed by atoms with Crippen LogP contribution in [0, 0.1) is 5.82 Å². The number of aromatic hydroxyl groups is 1. The van der Waals surface area contributed by atoms with Crippen molar-refractivity contribution >= 4 is 34.4 Å². The van der Waals surface area contributed by atoms with Crippen LogP contribution in [0.4, 0.5) is 10.2 Å². The van der Waals surface area contributed by atoms with Crippen LogP contribution in [0.25, 0.3) is 28.0 Å². The van der Waals surface area contributed by atoms with Gasteiger partial charge in [-0.2, -0.15) is 4.98 Å². The van der Waals surface area contributed by atoms with Gasteiger partial charge in [0.1, 0.15) is 17.4 Å². The van der Waals surface area contributed by atoms with Crippen molar-refractivity contribution in [2.24, 2.45) is 0 Å². The number of para-hydroxylation sites is 1. The Balaban J connectivity index is 1.76. The number of carbonyl (C=O) groups is 1. The molecule has 1 N–H and O–H groups in total. The van der Waals surface area contributed by atoms with E-state index in [4.69, 9.17) is 11.6 Å². The average Bonchev–Trinajstić information content (AvgIpc) is 2.89. The van der Waals surface area contributed by atoms with E-state index in [1.165, 1.54) is 28.8 Å². The average molecular weight is 520 g/mol. The van der Waals surface area contributed by atoms with Gasteiger partial charge in [-0.1, -0.05) is 42.4 Å². The number of nitrogens with zero attached hydrogens (tertiary/aromatic N) is 5. The molecule has 188 valence electrons. The number of piperazine rings is 1. The minimum Gasteiger partial charge on any atom is -0.507 e. The molecule has 0 aliphatic carbocycles. The van der Waals surface area contributed by atoms with Gasteiger partial charge < -0.3 is 14.9 Å². The number of benzene rings is 2. The second-order valence-electron chi connectivity index (χ2n) is 8.74. The first kappa shape index (κ1) is 24.5. The number of hydrogen-bond acceptors (Lipinski definition) is 6. The summed E-state index contributed by atoms with van der Waals surface area (Å²) in [5, 5.41) is 11.0. The number of carbonyl (C=O) groups excluding carboxylic acids is 1. The Bertz CT molecular complexity index is 1570. The smallest absolute Gasteiger partial charge is 0.355 e. The Morgan fingerprint density at radius 3 is 2.59 bits per heavy atom. The molecule has 8 nitrogen and oxygen atoms in total. The van der Waals surface area contributed by atoms with Gasteiger partial charge in [-0.05, 0) is 43.3 Å². The third-order valence-electron chi connectivity index (χ3n) is 6.43. The zero-order chi connectivity index (χ0) is 26.3. The third kappa shape index (κ3) is 4.31. The highest BCUT2D eigenvalue weighted by atomic mass is 35.5. The quantitative estimate of drug-likeness (QED) is 0.407. The predicted octanol–water partition coefficient (Wildman–Crippen LogP) is 4.17. The lowest BCUT2D eigenvalue weighted by atomic mass is 10.1. The van der Waals surface area contributed by atoms with Crippen LogP contribution in [0.15, 0.2) is 72.0 Å². The van der Waals surface area contributed by atoms with E-state index in [-0.39, 0.29) is 39.6 Å². The first-order chi connectivity index (χ1) is 17.8. The van der Waals surface area contributed by atoms with Crippen LogP contribution in [0.5, 0.6) is 5.75 Å². The van der Waals surface area contributed by atoms with Crippen molar-refractivity contribution in [2.75, 3.05) is 24.5 Å². The summed E-state index contributed by atoms with van der Waals surface area (Å²) in [6, 6.07) is 14.2. The summed E-state index contributed by atoms with van der Waals surface area (Å²) in [6.45, 7) is 6.74. The van der Waals surface area contributed by atoms with Crippen LogP contribution in [-0.2, 0) is 4.79 Å². The van der Waals surface area contributed by atoms with E-state index in [0.29, 0.717) is 36.5 Å². The van der Waals surface area contributed by atoms with Gasteiger partial charge in [0.25, 0.3) is 0 Å². The molecule has 5 rings (SSSR count). The summed E-state index contributed by atoms with van der Waals surface area (Å²) in [7, 11) is 0. The molecular weight excluding hydrogens is 497 g/mol. The number of amides is 1. The van der Waals surface area contributed by atoms with E-state index >= 15 is 0 Å². The molecule has 1 fully saturated rings. The molecule has 0 spiro atoms. The van der Waals surface area contributed by atoms with Gasteiger partial charge in [0.15, 0.2) is 5.65 Å². The maximum Gasteiger partial charge on any atom is 0.355 e. The molecule has 4 aromatic rings. The Morgan fingerprint density at radius 2 is 1.92 bits per heavy atom. The molecule has 1 aliphatic rings. The van der Waals surface area contributed by atoms with Gasteiger partial charge in [0.05, 0.1) is 27.4 Å². The van der Waals surface area contributed by atoms with E-state index in [9.17, 15) is 19.1 Å². The fraction of sp³-hybridized carbons (Fsp3) is 0.185. The zero-order valence-electron chi connectivity index (χ0n) is 19.9. The first-order valence-electron chi connectivity index (χ1n) is 11.6. The van der Waals surface area contributed by atoms with Gasteiger partial charge in [-0.15, -0.1) is 0 Å². The van der Waals surface area contributed by atoms with E-state index < -0.39 is 11.5 Å². The first-order valence-corrected chi connectivity index (χ1v) is 12.0. The molecule has 3 heterocycles. The van der Waals surface area contributed by atoms with E-state index in [2.05, 4.69) is 16.5 Å². The number of pyridine rings is 1. The second-order valence-corrected chi connectivity index (χ2v) is 9.15. The Labute approximate surface area is 216 Å². The number of anilines is 1. The highest BCUT2D eigenvalue weighted by Gasteiger charge is 2.30. The largest absolute Gasteiger partial charge is 0.507 e. The Morgan fingerprint density at radius 1 is 1.16 bits per heavy atom. The van der Waals surface area contributed by atoms with Crippen molar-refractivity contribution < 1.29 is 14.3 Å². The molecular formula is C27H23ClFN5O3. The lowest BCUT2D eigenvalue weighted by Crippen LogP contribution is -2.54. The minimum atomic E-state index is -0.701. The number of halogens is 2. The maximum absolute atomic E-state index is 14.8. The summed E-state index contributed by atoms with van der Waals surface area (Å²) in [4.78, 5) is 38.2. The fourth-order valence-corrected chi connectivity index (χ4v) is 4.90. The molecule has 2 aromatic carbocycles. The number of hydrogen-bond donors (Lipinski definition) is 1. The molecule has 1 amide bonds. The fourth-order valence-electron chi connectivity index (χ4n) is 4.66. The van der Waals surface area contributed by atoms with Crippen molar-refractivity contribution in [3.05, 3.63) is 88.6 Å². The van der Waals surface area contributed by atoms with Crippen molar-refractivity contribution in [3.63, 3.8) is 0 Å². The van der Waals surface area contributed by atoms with Crippen LogP contribution >= 0.6 is 11.6 Å². The summed E-state index contributed by atoms with van der Waals surface area (Å²) >= 11 is 6.61. The SMILES string of the molecule is C=CC(=O)N1CCN(c2nc(=O)n(-c3ccccc3)c3nc(-c4c(O)cccc4F)c(Cl)cc23)[C@@H](C)C1. The highest BCUT2D eigenvalue weighted by molar-refractivity contribution is 6.34. The van der Waals surface area contributed by atoms with Crippen LogP contribution in [-0.4, -0.2) is 56.1 Å². The number of phenolic OH excluding ortho intramolecular Hbond substituents is 1. The lowest BCUT2D eigenvalue weighted by molar-refractivity contribution is -0.126. The molecule has 1 atom stereocenters. The number of rotatable bonds is 4. The monoisotopic (exact) mass is 519 g/mol. The van der Waals surface area contributed by atoms with Gasteiger partial charge in [0.2, 0.25) is 5.91 Å². The lowest BCUT2D eigenvalue weighted by Gasteiger charge is -2.40. The molecule has 0 bridgehead atoms. The summed E-state index contributed by atoms with van der Waals surface area (Å²) in [6.07, 6.45) is 1.28. The molecule has 0 radical (unpaired) electrons. The number of phenols is 1. The van der Waals surface area contributed by atoms with Gasteiger partial charge in [-0.3, -0.25) is 4.79 Å². The normalized spacial score (nSPS) is 15.7. The van der Waals surface area contributed by atoms with Crippen LogP contribution in [0.1, 0.15) is 6.92 Å². The van der Waals surface area contributed by atoms with Crippen LogP contribution in [0.2, 0.25) is 5.02 Å². The molecule has 0 saturated carbocycles. The highest BCUT2D eigenvalue weighted by Crippen LogP contribution is 2.38. The van der Waals surface area contributed by atoms with Gasteiger partial charge in [-0.25, -0.2) is 18.7 Å². The molecule has 10 heteroatoms. The molecule has 1 aliphatic heterocycles. The maximum atomic E-state index is 14.8. The Hall–Kier alpha value is -4.24. The predicted molar refractivity (Wildman–Crippen MR) is 141 cm³/mol. The van der Waals surface area contributed by atoms with Gasteiger partial charge in [0, 0.05) is 25.7 Å². The number of aromatic nitrogens is 3. The van der Waals surface area contributed by atoms with E-state index in [1.807, 2.05) is 17.9 Å². The zero-order valence-corrected chi connectivity index (χ0v) is 20.7. The van der Waals surface area contributed by atoms with E-state index in [0.717, 1.165) is 0 Å². The molecule has 2 aromatic heterocycles. The van der Waals surface area contributed by atoms with Crippen molar-refractivity contribution in [1.82, 2.24) is 19.4 Å². The standard InChI is InChI=1S/C27H23ClFN5O3/c1-3-22(36)32-12-13-33(16(2)15-32)25-18-14-19(28)24(23-20(29)10-7-11-21(23)35)30-26(18)34(27(37)31-25)17-8-5-4-6-9-17/h3-11,14,16,35H,1,12-13,15H2,2H3/t16-/m0/s1. The second kappa shape index (κ2) is 9.67. The summed E-state index contributed by atoms with van der Waals surface area (Å²) in [5.74, 6) is -0.825. The van der Waals surface area contributed by atoms with Crippen molar-refractivity contribution in [3.8, 4) is 22.7 Å².